The van der Waals surface area contributed by atoms with E-state index >= 15 is 0 Å². The minimum absolute atomic E-state index is 0.0510. The maximum absolute atomic E-state index is 12.4. The molecule has 204 valence electrons. The summed E-state index contributed by atoms with van der Waals surface area (Å²) in [6.45, 7) is 12.2. The fraction of sp³-hybridized carbons (Fsp3) is 0.969. The summed E-state index contributed by atoms with van der Waals surface area (Å²) in [4.78, 5) is 15.3. The molecule has 4 nitrogen and oxygen atoms in total. The van der Waals surface area contributed by atoms with Gasteiger partial charge in [0, 0.05) is 24.8 Å². The van der Waals surface area contributed by atoms with Crippen molar-refractivity contribution in [2.75, 3.05) is 33.2 Å². The maximum atomic E-state index is 12.4. The molecule has 0 spiro atoms. The third-order valence-corrected chi connectivity index (χ3v) is 13.4. The average Bonchev–Trinajstić information content (AvgIpc) is 3.17. The number of likely N-dealkylation sites (tertiary alicyclic amines) is 2. The number of carbonyl (C=O) groups is 1. The first-order valence-corrected chi connectivity index (χ1v) is 16.0. The molecular weight excluding hydrogens is 444 g/mol. The van der Waals surface area contributed by atoms with Crippen molar-refractivity contribution >= 4 is 5.97 Å². The van der Waals surface area contributed by atoms with Gasteiger partial charge in [-0.2, -0.15) is 0 Å². The number of likely N-dealkylation sites (N-methyl/N-ethyl adjacent to an activating group) is 1. The van der Waals surface area contributed by atoms with Crippen LogP contribution in [0.15, 0.2) is 0 Å². The van der Waals surface area contributed by atoms with Gasteiger partial charge in [-0.1, -0.05) is 20.3 Å². The minimum Gasteiger partial charge on any atom is -0.456 e. The largest absolute Gasteiger partial charge is 0.456 e. The molecule has 9 unspecified atom stereocenters. The Kier molecular flexibility index (Phi) is 6.80. The third-order valence-electron chi connectivity index (χ3n) is 13.4. The third kappa shape index (κ3) is 4.10. The topological polar surface area (TPSA) is 29.5 Å². The van der Waals surface area contributed by atoms with Gasteiger partial charge in [-0.3, -0.25) is 4.79 Å². The molecule has 9 atom stereocenters. The summed E-state index contributed by atoms with van der Waals surface area (Å²) in [6, 6.07) is 1.34. The summed E-state index contributed by atoms with van der Waals surface area (Å²) >= 11 is 0. The Morgan fingerprint density at radius 2 is 1.56 bits per heavy atom. The number of hydrogen-bond acceptors (Lipinski definition) is 3. The molecule has 6 rings (SSSR count). The summed E-state index contributed by atoms with van der Waals surface area (Å²) in [7, 11) is 2.50. The van der Waals surface area contributed by atoms with Crippen LogP contribution in [0.4, 0.5) is 0 Å². The predicted molar refractivity (Wildman–Crippen MR) is 145 cm³/mol. The van der Waals surface area contributed by atoms with Crippen LogP contribution in [0.3, 0.4) is 0 Å². The SMILES string of the molecule is CC(=O)OC1C([N+]2(C)CCCCC2)CC2C3CCC4CCC(N5CCCCC5)CC4(C)C3CCC21C. The first kappa shape index (κ1) is 25.7. The Labute approximate surface area is 221 Å². The molecule has 2 heterocycles. The molecule has 4 saturated carbocycles. The summed E-state index contributed by atoms with van der Waals surface area (Å²) in [5.41, 5.74) is 0.684. The van der Waals surface area contributed by atoms with Gasteiger partial charge in [0.15, 0.2) is 6.10 Å². The molecule has 0 N–H and O–H groups in total. The van der Waals surface area contributed by atoms with Gasteiger partial charge < -0.3 is 14.1 Å². The summed E-state index contributed by atoms with van der Waals surface area (Å²) in [5.74, 6) is 3.34. The Hall–Kier alpha value is -0.610. The van der Waals surface area contributed by atoms with E-state index in [4.69, 9.17) is 4.74 Å². The van der Waals surface area contributed by atoms with Crippen molar-refractivity contribution in [1.29, 1.82) is 0 Å². The lowest BCUT2D eigenvalue weighted by Gasteiger charge is -2.61. The van der Waals surface area contributed by atoms with Crippen molar-refractivity contribution in [2.45, 2.75) is 129 Å². The van der Waals surface area contributed by atoms with Crippen LogP contribution in [-0.4, -0.2) is 66.8 Å². The van der Waals surface area contributed by atoms with Crippen molar-refractivity contribution < 1.29 is 14.0 Å². The molecule has 4 aliphatic carbocycles. The number of hydrogen-bond donors (Lipinski definition) is 0. The number of esters is 1. The van der Waals surface area contributed by atoms with Gasteiger partial charge >= 0.3 is 5.97 Å². The highest BCUT2D eigenvalue weighted by molar-refractivity contribution is 5.66. The molecular formula is C32H55N2O2+. The van der Waals surface area contributed by atoms with E-state index in [0.29, 0.717) is 11.5 Å². The van der Waals surface area contributed by atoms with Crippen molar-refractivity contribution in [1.82, 2.24) is 4.90 Å². The van der Waals surface area contributed by atoms with Crippen LogP contribution in [-0.2, 0) is 9.53 Å². The zero-order valence-electron chi connectivity index (χ0n) is 24.0. The van der Waals surface area contributed by atoms with Gasteiger partial charge in [0.25, 0.3) is 0 Å². The van der Waals surface area contributed by atoms with Crippen LogP contribution >= 0.6 is 0 Å². The Balaban J connectivity index is 1.27. The van der Waals surface area contributed by atoms with Crippen molar-refractivity contribution in [3.63, 3.8) is 0 Å². The average molecular weight is 500 g/mol. The van der Waals surface area contributed by atoms with Gasteiger partial charge in [-0.15, -0.1) is 0 Å². The van der Waals surface area contributed by atoms with E-state index in [1.165, 1.54) is 116 Å². The van der Waals surface area contributed by atoms with Crippen molar-refractivity contribution in [3.8, 4) is 0 Å². The van der Waals surface area contributed by atoms with E-state index in [0.717, 1.165) is 34.2 Å². The second kappa shape index (κ2) is 9.54. The standard InChI is InChI=1S/C32H55N2O2/c1-23(35)36-30-29(34(4)19-9-6-10-20-34)21-28-26-14-12-24-11-13-25(33-17-7-5-8-18-33)22-32(24,3)27(26)15-16-31(28,30)2/h24-30H,5-22H2,1-4H3/q+1. The number of rotatable bonds is 3. The van der Waals surface area contributed by atoms with E-state index in [9.17, 15) is 4.79 Å². The lowest BCUT2D eigenvalue weighted by molar-refractivity contribution is -0.940. The first-order chi connectivity index (χ1) is 17.2. The van der Waals surface area contributed by atoms with Crippen LogP contribution in [0, 0.1) is 34.5 Å². The molecule has 0 aromatic rings. The summed E-state index contributed by atoms with van der Waals surface area (Å²) in [6.07, 6.45) is 19.6. The lowest BCUT2D eigenvalue weighted by atomic mass is 9.45. The molecule has 36 heavy (non-hydrogen) atoms. The number of fused-ring (bicyclic) bond motifs is 5. The van der Waals surface area contributed by atoms with Crippen LogP contribution < -0.4 is 0 Å². The molecule has 6 aliphatic rings. The van der Waals surface area contributed by atoms with E-state index < -0.39 is 0 Å². The predicted octanol–water partition coefficient (Wildman–Crippen LogP) is 6.42. The zero-order chi connectivity index (χ0) is 25.1. The highest BCUT2D eigenvalue weighted by Crippen LogP contribution is 2.67. The van der Waals surface area contributed by atoms with Crippen LogP contribution in [0.1, 0.15) is 111 Å². The van der Waals surface area contributed by atoms with Gasteiger partial charge in [-0.05, 0) is 119 Å². The fourth-order valence-corrected chi connectivity index (χ4v) is 11.4. The molecule has 4 heteroatoms. The number of carbonyl (C=O) groups excluding carboxylic acids is 1. The highest BCUT2D eigenvalue weighted by atomic mass is 16.5. The second-order valence-electron chi connectivity index (χ2n) is 15.1. The van der Waals surface area contributed by atoms with Crippen LogP contribution in [0.25, 0.3) is 0 Å². The van der Waals surface area contributed by atoms with Crippen molar-refractivity contribution in [2.24, 2.45) is 34.5 Å². The Morgan fingerprint density at radius 3 is 2.28 bits per heavy atom. The fourth-order valence-electron chi connectivity index (χ4n) is 11.4. The smallest absolute Gasteiger partial charge is 0.303 e. The van der Waals surface area contributed by atoms with Crippen LogP contribution in [0.5, 0.6) is 0 Å². The van der Waals surface area contributed by atoms with Gasteiger partial charge in [-0.25, -0.2) is 0 Å². The normalized spacial score (nSPS) is 48.9. The zero-order valence-corrected chi connectivity index (χ0v) is 24.0. The van der Waals surface area contributed by atoms with E-state index in [1.54, 1.807) is 6.92 Å². The molecule has 0 aromatic heterocycles. The Bertz CT molecular complexity index is 817. The summed E-state index contributed by atoms with van der Waals surface area (Å²) < 4.78 is 7.51. The molecule has 0 bridgehead atoms. The number of nitrogens with zero attached hydrogens (tertiary/aromatic N) is 2. The maximum Gasteiger partial charge on any atom is 0.303 e. The molecule has 2 saturated heterocycles. The first-order valence-electron chi connectivity index (χ1n) is 16.0. The molecule has 6 fully saturated rings. The second-order valence-corrected chi connectivity index (χ2v) is 15.1. The monoisotopic (exact) mass is 499 g/mol. The Morgan fingerprint density at radius 1 is 0.861 bits per heavy atom. The van der Waals surface area contributed by atoms with Gasteiger partial charge in [0.2, 0.25) is 0 Å². The van der Waals surface area contributed by atoms with E-state index in [-0.39, 0.29) is 17.5 Å². The lowest BCUT2D eigenvalue weighted by Crippen LogP contribution is -2.60. The van der Waals surface area contributed by atoms with E-state index in [2.05, 4.69) is 25.8 Å². The molecule has 0 aromatic carbocycles. The molecule has 0 radical (unpaired) electrons. The molecule has 2 aliphatic heterocycles. The number of quaternary nitrogens is 1. The number of piperidine rings is 2. The van der Waals surface area contributed by atoms with E-state index in [1.807, 2.05) is 0 Å². The highest BCUT2D eigenvalue weighted by Gasteiger charge is 2.66. The number of ether oxygens (including phenoxy) is 1. The van der Waals surface area contributed by atoms with Crippen LogP contribution in [0.2, 0.25) is 0 Å². The quantitative estimate of drug-likeness (QED) is 0.331. The van der Waals surface area contributed by atoms with Crippen molar-refractivity contribution in [3.05, 3.63) is 0 Å². The minimum atomic E-state index is -0.0510. The summed E-state index contributed by atoms with van der Waals surface area (Å²) in [5, 5.41) is 0. The van der Waals surface area contributed by atoms with Gasteiger partial charge in [0.1, 0.15) is 6.04 Å². The van der Waals surface area contributed by atoms with Gasteiger partial charge in [0.05, 0.1) is 20.1 Å². The molecule has 0 amide bonds.